The molecule has 2 heterocycles. The van der Waals surface area contributed by atoms with Crippen LogP contribution in [-0.2, 0) is 22.5 Å². The molecular weight excluding hydrogens is 388 g/mol. The van der Waals surface area contributed by atoms with Crippen molar-refractivity contribution in [1.82, 2.24) is 9.55 Å². The van der Waals surface area contributed by atoms with E-state index in [2.05, 4.69) is 22.9 Å². The van der Waals surface area contributed by atoms with Crippen LogP contribution in [0.4, 0.5) is 0 Å². The Morgan fingerprint density at radius 3 is 2.71 bits per heavy atom. The largest absolute Gasteiger partial charge is 0.466 e. The van der Waals surface area contributed by atoms with Crippen LogP contribution in [0.1, 0.15) is 43.2 Å². The maximum absolute atomic E-state index is 12.2. The Labute approximate surface area is 182 Å². The van der Waals surface area contributed by atoms with Crippen LogP contribution in [-0.4, -0.2) is 22.1 Å². The molecule has 5 nitrogen and oxygen atoms in total. The summed E-state index contributed by atoms with van der Waals surface area (Å²) in [5.41, 5.74) is 4.15. The molecule has 1 atom stereocenters. The summed E-state index contributed by atoms with van der Waals surface area (Å²) in [4.78, 5) is 16.9. The van der Waals surface area contributed by atoms with Crippen molar-refractivity contribution in [2.24, 2.45) is 0 Å². The predicted molar refractivity (Wildman–Crippen MR) is 122 cm³/mol. The minimum absolute atomic E-state index is 0.182. The minimum Gasteiger partial charge on any atom is -0.466 e. The van der Waals surface area contributed by atoms with Gasteiger partial charge in [0, 0.05) is 29.2 Å². The van der Waals surface area contributed by atoms with E-state index in [0.29, 0.717) is 12.5 Å². The zero-order valence-corrected chi connectivity index (χ0v) is 18.3. The van der Waals surface area contributed by atoms with Crippen LogP contribution >= 0.6 is 0 Å². The van der Waals surface area contributed by atoms with E-state index in [1.54, 1.807) is 0 Å². The summed E-state index contributed by atoms with van der Waals surface area (Å²) in [5.74, 6) is 1.09. The predicted octanol–water partition coefficient (Wildman–Crippen LogP) is 5.90. The molecule has 2 aromatic heterocycles. The third kappa shape index (κ3) is 4.41. The van der Waals surface area contributed by atoms with Crippen LogP contribution in [0.15, 0.2) is 65.2 Å². The second kappa shape index (κ2) is 9.21. The van der Waals surface area contributed by atoms with E-state index in [4.69, 9.17) is 14.1 Å². The van der Waals surface area contributed by atoms with Gasteiger partial charge < -0.3 is 13.7 Å². The van der Waals surface area contributed by atoms with Gasteiger partial charge in [0.25, 0.3) is 0 Å². The van der Waals surface area contributed by atoms with Crippen LogP contribution in [0.25, 0.3) is 22.4 Å². The van der Waals surface area contributed by atoms with Crippen LogP contribution < -0.4 is 0 Å². The number of rotatable bonds is 8. The number of fused-ring (bicyclic) bond motifs is 1. The van der Waals surface area contributed by atoms with Crippen molar-refractivity contribution in [2.75, 3.05) is 6.61 Å². The van der Waals surface area contributed by atoms with Crippen LogP contribution in [0.3, 0.4) is 0 Å². The fraction of sp³-hybridized carbons (Fsp3) is 0.308. The van der Waals surface area contributed by atoms with Crippen molar-refractivity contribution in [3.63, 3.8) is 0 Å². The fourth-order valence-corrected chi connectivity index (χ4v) is 4.00. The highest BCUT2D eigenvalue weighted by molar-refractivity contribution is 5.89. The van der Waals surface area contributed by atoms with Gasteiger partial charge in [-0.25, -0.2) is 4.98 Å². The molecule has 1 unspecified atom stereocenters. The number of oxazole rings is 1. The Bertz CT molecular complexity index is 1170. The number of carbonyl (C=O) groups excluding carboxylic acids is 1. The van der Waals surface area contributed by atoms with Crippen LogP contribution in [0, 0.1) is 6.92 Å². The Morgan fingerprint density at radius 2 is 1.94 bits per heavy atom. The average Bonchev–Trinajstić information content (AvgIpc) is 3.37. The summed E-state index contributed by atoms with van der Waals surface area (Å²) in [6.07, 6.45) is 3.89. The summed E-state index contributed by atoms with van der Waals surface area (Å²) in [6.45, 7) is 6.98. The molecule has 0 N–H and O–H groups in total. The molecular formula is C26H28N2O3. The lowest BCUT2D eigenvalue weighted by molar-refractivity contribution is -0.144. The van der Waals surface area contributed by atoms with Gasteiger partial charge in [0.05, 0.1) is 18.2 Å². The number of esters is 1. The average molecular weight is 417 g/mol. The van der Waals surface area contributed by atoms with Crippen molar-refractivity contribution < 1.29 is 13.9 Å². The molecule has 5 heteroatoms. The summed E-state index contributed by atoms with van der Waals surface area (Å²) >= 11 is 0. The molecule has 4 aromatic rings. The molecule has 4 rings (SSSR count). The summed E-state index contributed by atoms with van der Waals surface area (Å²) < 4.78 is 13.3. The molecule has 160 valence electrons. The van der Waals surface area contributed by atoms with Crippen molar-refractivity contribution in [3.8, 4) is 11.5 Å². The maximum atomic E-state index is 12.2. The zero-order valence-electron chi connectivity index (χ0n) is 18.3. The molecule has 0 aliphatic heterocycles. The van der Waals surface area contributed by atoms with E-state index >= 15 is 0 Å². The summed E-state index contributed by atoms with van der Waals surface area (Å²) in [5, 5.41) is 1.10. The van der Waals surface area contributed by atoms with Crippen molar-refractivity contribution >= 4 is 16.9 Å². The zero-order chi connectivity index (χ0) is 21.8. The lowest BCUT2D eigenvalue weighted by Crippen LogP contribution is -2.13. The van der Waals surface area contributed by atoms with E-state index in [-0.39, 0.29) is 11.9 Å². The highest BCUT2D eigenvalue weighted by Crippen LogP contribution is 2.28. The molecule has 0 radical (unpaired) electrons. The maximum Gasteiger partial charge on any atom is 0.313 e. The number of hydrogen-bond acceptors (Lipinski definition) is 4. The Morgan fingerprint density at radius 1 is 1.13 bits per heavy atom. The van der Waals surface area contributed by atoms with Crippen molar-refractivity contribution in [3.05, 3.63) is 77.8 Å². The van der Waals surface area contributed by atoms with Gasteiger partial charge >= 0.3 is 5.97 Å². The first-order valence-electron chi connectivity index (χ1n) is 10.8. The first-order chi connectivity index (χ1) is 15.1. The lowest BCUT2D eigenvalue weighted by Gasteiger charge is -2.13. The van der Waals surface area contributed by atoms with Crippen molar-refractivity contribution in [1.29, 1.82) is 0 Å². The van der Waals surface area contributed by atoms with E-state index < -0.39 is 0 Å². The van der Waals surface area contributed by atoms with Gasteiger partial charge in [0.2, 0.25) is 5.89 Å². The van der Waals surface area contributed by atoms with E-state index in [9.17, 15) is 4.79 Å². The number of benzene rings is 2. The van der Waals surface area contributed by atoms with Crippen LogP contribution in [0.5, 0.6) is 0 Å². The van der Waals surface area contributed by atoms with Gasteiger partial charge in [0.1, 0.15) is 5.76 Å². The molecule has 0 aliphatic carbocycles. The summed E-state index contributed by atoms with van der Waals surface area (Å²) in [6, 6.07) is 18.2. The third-order valence-electron chi connectivity index (χ3n) is 5.68. The van der Waals surface area contributed by atoms with Gasteiger partial charge in [-0.2, -0.15) is 0 Å². The molecule has 0 spiro atoms. The van der Waals surface area contributed by atoms with Gasteiger partial charge in [-0.15, -0.1) is 0 Å². The first kappa shape index (κ1) is 20.9. The third-order valence-corrected chi connectivity index (χ3v) is 5.68. The number of aromatic nitrogens is 2. The highest BCUT2D eigenvalue weighted by Gasteiger charge is 2.19. The SMILES string of the molecule is CCOC(=O)C(C)c1cccc2c1ccn2CCCc1nc(-c2ccccc2)oc1C. The van der Waals surface area contributed by atoms with E-state index in [0.717, 1.165) is 52.9 Å². The lowest BCUT2D eigenvalue weighted by atomic mass is 9.98. The normalized spacial score (nSPS) is 12.2. The second-order valence-corrected chi connectivity index (χ2v) is 7.75. The molecule has 31 heavy (non-hydrogen) atoms. The molecule has 0 aliphatic rings. The fourth-order valence-electron chi connectivity index (χ4n) is 4.00. The highest BCUT2D eigenvalue weighted by atomic mass is 16.5. The molecule has 0 fully saturated rings. The molecule has 2 aromatic carbocycles. The topological polar surface area (TPSA) is 57.3 Å². The molecule has 0 saturated heterocycles. The smallest absolute Gasteiger partial charge is 0.313 e. The molecule has 0 bridgehead atoms. The van der Waals surface area contributed by atoms with Gasteiger partial charge in [0.15, 0.2) is 0 Å². The van der Waals surface area contributed by atoms with E-state index in [1.807, 2.05) is 63.2 Å². The van der Waals surface area contributed by atoms with E-state index in [1.165, 1.54) is 0 Å². The number of nitrogens with zero attached hydrogens (tertiary/aromatic N) is 2. The number of ether oxygens (including phenoxy) is 1. The first-order valence-corrected chi connectivity index (χ1v) is 10.8. The summed E-state index contributed by atoms with van der Waals surface area (Å²) in [7, 11) is 0. The number of hydrogen-bond donors (Lipinski definition) is 0. The second-order valence-electron chi connectivity index (χ2n) is 7.75. The standard InChI is InChI=1S/C26H28N2O3/c1-4-30-26(29)18(2)21-12-8-14-24-22(21)15-17-28(24)16-9-13-23-19(3)31-25(27-23)20-10-6-5-7-11-20/h5-8,10-12,14-15,17-18H,4,9,13,16H2,1-3H3. The number of carbonyl (C=O) groups is 1. The molecule has 0 saturated carbocycles. The van der Waals surface area contributed by atoms with Gasteiger partial charge in [-0.05, 0) is 63.4 Å². The van der Waals surface area contributed by atoms with Gasteiger partial charge in [-0.3, -0.25) is 4.79 Å². The Hall–Kier alpha value is -3.34. The number of aryl methyl sites for hydroxylation is 3. The quantitative estimate of drug-likeness (QED) is 0.335. The monoisotopic (exact) mass is 416 g/mol. The Balaban J connectivity index is 1.46. The van der Waals surface area contributed by atoms with Gasteiger partial charge in [-0.1, -0.05) is 30.3 Å². The van der Waals surface area contributed by atoms with Crippen LogP contribution in [0.2, 0.25) is 0 Å². The Kier molecular flexibility index (Phi) is 6.21. The molecule has 0 amide bonds. The minimum atomic E-state index is -0.284. The van der Waals surface area contributed by atoms with Crippen molar-refractivity contribution in [2.45, 2.75) is 46.1 Å².